The second-order valence-electron chi connectivity index (χ2n) is 5.86. The van der Waals surface area contributed by atoms with Crippen molar-refractivity contribution in [3.8, 4) is 0 Å². The fraction of sp³-hybridized carbons (Fsp3) is 0.263. The van der Waals surface area contributed by atoms with Gasteiger partial charge in [0.25, 0.3) is 0 Å². The van der Waals surface area contributed by atoms with Crippen LogP contribution >= 0.6 is 11.3 Å². The monoisotopic (exact) mass is 387 g/mol. The summed E-state index contributed by atoms with van der Waals surface area (Å²) in [6, 6.07) is 10.8. The van der Waals surface area contributed by atoms with Crippen LogP contribution in [0.5, 0.6) is 0 Å². The number of amides is 2. The molecule has 2 rings (SSSR count). The second-order valence-corrected chi connectivity index (χ2v) is 6.89. The van der Waals surface area contributed by atoms with E-state index in [2.05, 4.69) is 15.8 Å². The van der Waals surface area contributed by atoms with Gasteiger partial charge in [-0.3, -0.25) is 14.4 Å². The van der Waals surface area contributed by atoms with E-state index in [1.807, 2.05) is 17.5 Å². The van der Waals surface area contributed by atoms with Crippen LogP contribution in [0.25, 0.3) is 0 Å². The molecule has 3 N–H and O–H groups in total. The fourth-order valence-electron chi connectivity index (χ4n) is 2.24. The van der Waals surface area contributed by atoms with E-state index in [4.69, 9.17) is 5.11 Å². The Labute approximate surface area is 161 Å². The highest BCUT2D eigenvalue weighted by Crippen LogP contribution is 2.12. The Kier molecular flexibility index (Phi) is 7.69. The van der Waals surface area contributed by atoms with Crippen LogP contribution in [-0.4, -0.2) is 28.6 Å². The minimum atomic E-state index is -0.913. The molecule has 1 aromatic carbocycles. The van der Waals surface area contributed by atoms with Crippen LogP contribution in [0.4, 0.5) is 5.69 Å². The maximum atomic E-state index is 11.9. The van der Waals surface area contributed by atoms with Crippen molar-refractivity contribution < 1.29 is 19.5 Å². The number of anilines is 1. The lowest BCUT2D eigenvalue weighted by Gasteiger charge is -2.07. The maximum Gasteiger partial charge on any atom is 0.303 e. The molecule has 2 amide bonds. The third-order valence-electron chi connectivity index (χ3n) is 3.64. The van der Waals surface area contributed by atoms with Gasteiger partial charge in [-0.05, 0) is 42.5 Å². The fourth-order valence-corrected chi connectivity index (χ4v) is 2.94. The summed E-state index contributed by atoms with van der Waals surface area (Å²) in [4.78, 5) is 35.0. The van der Waals surface area contributed by atoms with E-state index in [1.54, 1.807) is 31.2 Å². The molecular formula is C19H21N3O4S. The van der Waals surface area contributed by atoms with Gasteiger partial charge >= 0.3 is 5.97 Å². The lowest BCUT2D eigenvalue weighted by atomic mass is 10.1. The highest BCUT2D eigenvalue weighted by Gasteiger charge is 2.06. The lowest BCUT2D eigenvalue weighted by Crippen LogP contribution is -2.20. The zero-order valence-corrected chi connectivity index (χ0v) is 15.7. The number of aliphatic carboxylic acids is 1. The summed E-state index contributed by atoms with van der Waals surface area (Å²) in [5.41, 5.74) is 4.62. The standard InChI is InChI=1S/C19H21N3O4S/c1-13(21-22-18(24)12-16-4-3-11-27-16)14-7-9-15(10-8-14)20-17(23)5-2-6-19(25)26/h3-4,7-11H,2,5-6,12H2,1H3,(H,20,23)(H,22,24)(H,25,26). The number of carboxylic acid groups (broad SMARTS) is 1. The van der Waals surface area contributed by atoms with Crippen LogP contribution in [0.1, 0.15) is 36.6 Å². The number of rotatable bonds is 9. The number of carboxylic acids is 1. The van der Waals surface area contributed by atoms with Gasteiger partial charge in [0, 0.05) is 23.4 Å². The summed E-state index contributed by atoms with van der Waals surface area (Å²) in [6.45, 7) is 1.78. The van der Waals surface area contributed by atoms with Gasteiger partial charge in [-0.2, -0.15) is 5.10 Å². The van der Waals surface area contributed by atoms with Crippen molar-refractivity contribution >= 4 is 40.5 Å². The summed E-state index contributed by atoms with van der Waals surface area (Å²) >= 11 is 1.52. The molecule has 0 spiro atoms. The Morgan fingerprint density at radius 2 is 1.81 bits per heavy atom. The van der Waals surface area contributed by atoms with E-state index in [1.165, 1.54) is 11.3 Å². The molecule has 0 atom stereocenters. The van der Waals surface area contributed by atoms with Gasteiger partial charge in [0.15, 0.2) is 0 Å². The molecule has 0 unspecified atom stereocenters. The predicted octanol–water partition coefficient (Wildman–Crippen LogP) is 3.02. The first kappa shape index (κ1) is 20.3. The number of thiophene rings is 1. The zero-order chi connectivity index (χ0) is 19.6. The van der Waals surface area contributed by atoms with Crippen molar-refractivity contribution in [3.63, 3.8) is 0 Å². The Morgan fingerprint density at radius 3 is 2.44 bits per heavy atom. The number of carbonyl (C=O) groups is 3. The molecular weight excluding hydrogens is 366 g/mol. The van der Waals surface area contributed by atoms with Gasteiger partial charge in [-0.25, -0.2) is 5.43 Å². The van der Waals surface area contributed by atoms with Gasteiger partial charge in [0.05, 0.1) is 12.1 Å². The predicted molar refractivity (Wildman–Crippen MR) is 105 cm³/mol. The number of hydrogen-bond acceptors (Lipinski definition) is 5. The average molecular weight is 387 g/mol. The molecule has 0 saturated heterocycles. The van der Waals surface area contributed by atoms with E-state index >= 15 is 0 Å². The highest BCUT2D eigenvalue weighted by molar-refractivity contribution is 7.10. The molecule has 0 bridgehead atoms. The van der Waals surface area contributed by atoms with Gasteiger partial charge in [-0.15, -0.1) is 11.3 Å². The molecule has 8 heteroatoms. The largest absolute Gasteiger partial charge is 0.481 e. The number of nitrogens with one attached hydrogen (secondary N) is 2. The van der Waals surface area contributed by atoms with Crippen molar-refractivity contribution in [2.45, 2.75) is 32.6 Å². The van der Waals surface area contributed by atoms with Crippen LogP contribution in [0.2, 0.25) is 0 Å². The van der Waals surface area contributed by atoms with Gasteiger partial charge < -0.3 is 10.4 Å². The smallest absolute Gasteiger partial charge is 0.303 e. The first-order valence-corrected chi connectivity index (χ1v) is 9.29. The summed E-state index contributed by atoms with van der Waals surface area (Å²) in [6.07, 6.45) is 0.725. The van der Waals surface area contributed by atoms with E-state index < -0.39 is 5.97 Å². The Hall–Kier alpha value is -3.00. The first-order valence-electron chi connectivity index (χ1n) is 8.41. The Morgan fingerprint density at radius 1 is 1.07 bits per heavy atom. The summed E-state index contributed by atoms with van der Waals surface area (Å²) < 4.78 is 0. The van der Waals surface area contributed by atoms with Crippen molar-refractivity contribution in [1.29, 1.82) is 0 Å². The summed E-state index contributed by atoms with van der Waals surface area (Å²) in [5.74, 6) is -1.32. The first-order chi connectivity index (χ1) is 12.9. The average Bonchev–Trinajstić information content (AvgIpc) is 3.13. The second kappa shape index (κ2) is 10.2. The third-order valence-corrected chi connectivity index (χ3v) is 4.52. The van der Waals surface area contributed by atoms with E-state index in [0.717, 1.165) is 10.4 Å². The van der Waals surface area contributed by atoms with Crippen LogP contribution < -0.4 is 10.7 Å². The minimum absolute atomic E-state index is 0.0276. The third kappa shape index (κ3) is 7.41. The number of carbonyl (C=O) groups excluding carboxylic acids is 2. The highest BCUT2D eigenvalue weighted by atomic mass is 32.1. The number of nitrogens with zero attached hydrogens (tertiary/aromatic N) is 1. The zero-order valence-electron chi connectivity index (χ0n) is 14.9. The van der Waals surface area contributed by atoms with Gasteiger partial charge in [0.2, 0.25) is 11.8 Å². The normalized spacial score (nSPS) is 11.1. The molecule has 7 nitrogen and oxygen atoms in total. The Bertz CT molecular complexity index is 814. The molecule has 27 heavy (non-hydrogen) atoms. The molecule has 2 aromatic rings. The summed E-state index contributed by atoms with van der Waals surface area (Å²) in [7, 11) is 0. The van der Waals surface area contributed by atoms with Crippen LogP contribution in [0.15, 0.2) is 46.9 Å². The molecule has 0 fully saturated rings. The van der Waals surface area contributed by atoms with E-state index in [0.29, 0.717) is 24.2 Å². The number of hydrazone groups is 1. The van der Waals surface area contributed by atoms with Crippen molar-refractivity contribution in [3.05, 3.63) is 52.2 Å². The molecule has 0 aliphatic heterocycles. The molecule has 0 radical (unpaired) electrons. The Balaban J connectivity index is 1.83. The topological polar surface area (TPSA) is 108 Å². The van der Waals surface area contributed by atoms with E-state index in [9.17, 15) is 14.4 Å². The van der Waals surface area contributed by atoms with Crippen molar-refractivity contribution in [1.82, 2.24) is 5.43 Å². The van der Waals surface area contributed by atoms with Crippen LogP contribution in [0.3, 0.4) is 0 Å². The van der Waals surface area contributed by atoms with Crippen LogP contribution in [-0.2, 0) is 20.8 Å². The molecule has 0 aliphatic carbocycles. The maximum absolute atomic E-state index is 11.9. The lowest BCUT2D eigenvalue weighted by molar-refractivity contribution is -0.137. The molecule has 0 saturated carbocycles. The molecule has 142 valence electrons. The summed E-state index contributed by atoms with van der Waals surface area (Å²) in [5, 5.41) is 17.3. The van der Waals surface area contributed by atoms with Crippen molar-refractivity contribution in [2.24, 2.45) is 5.10 Å². The minimum Gasteiger partial charge on any atom is -0.481 e. The van der Waals surface area contributed by atoms with E-state index in [-0.39, 0.29) is 24.7 Å². The van der Waals surface area contributed by atoms with Gasteiger partial charge in [0.1, 0.15) is 0 Å². The van der Waals surface area contributed by atoms with Crippen LogP contribution in [0, 0.1) is 0 Å². The molecule has 1 heterocycles. The molecule has 0 aliphatic rings. The number of hydrogen-bond donors (Lipinski definition) is 3. The molecule has 1 aromatic heterocycles. The quantitative estimate of drug-likeness (QED) is 0.454. The SMILES string of the molecule is CC(=NNC(=O)Cc1cccs1)c1ccc(NC(=O)CCCC(=O)O)cc1. The van der Waals surface area contributed by atoms with Gasteiger partial charge in [-0.1, -0.05) is 18.2 Å². The van der Waals surface area contributed by atoms with Crippen molar-refractivity contribution in [2.75, 3.05) is 5.32 Å². The number of benzene rings is 1.